The zero-order chi connectivity index (χ0) is 27.6. The van der Waals surface area contributed by atoms with Crippen molar-refractivity contribution in [3.05, 3.63) is 104 Å². The molecule has 0 aliphatic carbocycles. The van der Waals surface area contributed by atoms with E-state index in [9.17, 15) is 9.59 Å². The van der Waals surface area contributed by atoms with Crippen molar-refractivity contribution in [2.24, 2.45) is 0 Å². The summed E-state index contributed by atoms with van der Waals surface area (Å²) in [6.07, 6.45) is -0.0833. The number of aryl methyl sites for hydroxylation is 1. The molecule has 2 heterocycles. The third-order valence-electron chi connectivity index (χ3n) is 6.67. The van der Waals surface area contributed by atoms with Crippen molar-refractivity contribution in [2.75, 3.05) is 13.2 Å². The molecule has 40 heavy (non-hydrogen) atoms. The first kappa shape index (κ1) is 29.9. The minimum absolute atomic E-state index is 0. The number of nitrogens with zero attached hydrogens (tertiary/aromatic N) is 2. The van der Waals surface area contributed by atoms with Gasteiger partial charge in [0.05, 0.1) is 6.61 Å². The topological polar surface area (TPSA) is 103 Å². The Kier molecular flexibility index (Phi) is 9.43. The molecule has 0 N–H and O–H groups in total. The summed E-state index contributed by atoms with van der Waals surface area (Å²) in [4.78, 5) is 25.9. The van der Waals surface area contributed by atoms with Crippen molar-refractivity contribution in [1.82, 2.24) is 9.72 Å². The van der Waals surface area contributed by atoms with Gasteiger partial charge in [-0.2, -0.15) is 0 Å². The van der Waals surface area contributed by atoms with Gasteiger partial charge < -0.3 is 28.5 Å². The maximum absolute atomic E-state index is 11.6. The Labute approximate surface area is 254 Å². The van der Waals surface area contributed by atoms with Gasteiger partial charge in [-0.1, -0.05) is 36.4 Å². The predicted molar refractivity (Wildman–Crippen MR) is 144 cm³/mol. The van der Waals surface area contributed by atoms with Crippen LogP contribution in [0.1, 0.15) is 36.1 Å². The van der Waals surface area contributed by atoms with Gasteiger partial charge >= 0.3 is 35.3 Å². The average molecular weight is 555 g/mol. The fraction of sp³-hybridized carbons (Fsp3) is 0.333. The number of hydrogen-bond donors (Lipinski definition) is 0. The van der Waals surface area contributed by atoms with Crippen LogP contribution in [-0.2, 0) is 22.6 Å². The van der Waals surface area contributed by atoms with Gasteiger partial charge in [-0.25, -0.2) is 4.79 Å². The van der Waals surface area contributed by atoms with Crippen LogP contribution >= 0.6 is 0 Å². The van der Waals surface area contributed by atoms with Crippen LogP contribution in [-0.4, -0.2) is 29.8 Å². The van der Waals surface area contributed by atoms with Gasteiger partial charge in [0.1, 0.15) is 30.8 Å². The van der Waals surface area contributed by atoms with E-state index in [4.69, 9.17) is 23.5 Å². The van der Waals surface area contributed by atoms with Crippen LogP contribution in [0.15, 0.2) is 74.8 Å². The normalized spacial score (nSPS) is 15.9. The second kappa shape index (κ2) is 12.6. The Bertz CT molecular complexity index is 1570. The van der Waals surface area contributed by atoms with Crippen molar-refractivity contribution in [1.29, 1.82) is 0 Å². The summed E-state index contributed by atoms with van der Waals surface area (Å²) in [6, 6.07) is 19.6. The van der Waals surface area contributed by atoms with E-state index in [0.29, 0.717) is 25.6 Å². The number of aromatic nitrogens is 2. The largest absolute Gasteiger partial charge is 1.00 e. The Balaban J connectivity index is 0.00000370. The second-order valence-corrected chi connectivity index (χ2v) is 10.0. The van der Waals surface area contributed by atoms with Crippen LogP contribution in [0.5, 0.6) is 11.5 Å². The number of ether oxygens (including phenoxy) is 4. The Hall–Kier alpha value is -3.08. The van der Waals surface area contributed by atoms with Gasteiger partial charge in [0, 0.05) is 6.54 Å². The minimum atomic E-state index is -0.897. The van der Waals surface area contributed by atoms with E-state index < -0.39 is 17.2 Å². The van der Waals surface area contributed by atoms with Crippen molar-refractivity contribution < 1.29 is 53.0 Å². The molecule has 0 spiro atoms. The van der Waals surface area contributed by atoms with Gasteiger partial charge in [0.25, 0.3) is 0 Å². The van der Waals surface area contributed by atoms with Crippen molar-refractivity contribution >= 4 is 0 Å². The fourth-order valence-corrected chi connectivity index (χ4v) is 4.60. The van der Waals surface area contributed by atoms with E-state index in [1.807, 2.05) is 56.3 Å². The molecule has 4 aromatic rings. The second-order valence-electron chi connectivity index (χ2n) is 10.0. The molecular formula is C30H31N2NaO7. The van der Waals surface area contributed by atoms with E-state index in [2.05, 4.69) is 37.0 Å². The molecule has 0 amide bonds. The molecule has 0 bridgehead atoms. The van der Waals surface area contributed by atoms with Crippen LogP contribution in [0, 0.1) is 13.8 Å². The van der Waals surface area contributed by atoms with Crippen LogP contribution < -0.4 is 55.5 Å². The molecule has 10 heteroatoms. The SMILES string of the molecule is Cc1cc(OC[C@H]2COC(C)(C)O2)ccc1-c1cccc(COc2ccc(Cn3oc(=O)[n-]c3=O)cc2)c1C.[Na+]. The molecule has 5 rings (SSSR count). The van der Waals surface area contributed by atoms with Crippen LogP contribution in [0.2, 0.25) is 0 Å². The summed E-state index contributed by atoms with van der Waals surface area (Å²) in [5, 5.41) is 0. The van der Waals surface area contributed by atoms with Crippen molar-refractivity contribution in [3.63, 3.8) is 0 Å². The fourth-order valence-electron chi connectivity index (χ4n) is 4.60. The molecule has 1 saturated heterocycles. The summed E-state index contributed by atoms with van der Waals surface area (Å²) >= 11 is 0. The van der Waals surface area contributed by atoms with Crippen LogP contribution in [0.4, 0.5) is 0 Å². The molecule has 1 aliphatic rings. The third kappa shape index (κ3) is 7.16. The van der Waals surface area contributed by atoms with Gasteiger partial charge in [-0.15, -0.1) is 0 Å². The van der Waals surface area contributed by atoms with Crippen molar-refractivity contribution in [2.45, 2.75) is 52.7 Å². The molecule has 204 valence electrons. The van der Waals surface area contributed by atoms with Gasteiger partial charge in [0.15, 0.2) is 11.5 Å². The average Bonchev–Trinajstić information content (AvgIpc) is 3.42. The first-order valence-electron chi connectivity index (χ1n) is 12.8. The van der Waals surface area contributed by atoms with Crippen LogP contribution in [0.3, 0.4) is 0 Å². The third-order valence-corrected chi connectivity index (χ3v) is 6.67. The molecule has 3 aromatic carbocycles. The monoisotopic (exact) mass is 554 g/mol. The summed E-state index contributed by atoms with van der Waals surface area (Å²) in [6.45, 7) is 9.47. The molecule has 1 aliphatic heterocycles. The Morgan fingerprint density at radius 3 is 2.38 bits per heavy atom. The zero-order valence-electron chi connectivity index (χ0n) is 23.4. The minimum Gasteiger partial charge on any atom is -0.491 e. The summed E-state index contributed by atoms with van der Waals surface area (Å²) in [5.41, 5.74) is 5.69. The maximum Gasteiger partial charge on any atom is 1.00 e. The Morgan fingerprint density at radius 1 is 0.975 bits per heavy atom. The molecule has 1 fully saturated rings. The molecule has 1 atom stereocenters. The molecule has 9 nitrogen and oxygen atoms in total. The standard InChI is InChI=1S/C30H32N2O7.Na/c1-19-14-24(36-17-25-18-37-30(3,4)38-25)12-13-26(19)27-7-5-6-22(20(27)2)16-35-23-10-8-21(9-11-23)15-32-28(33)31-29(34)39-32;/h5-14,25H,15-18H2,1-4H3,(H,31,33,34);/q;+1/p-1/t25-;/m0./s1. The summed E-state index contributed by atoms with van der Waals surface area (Å²) < 4.78 is 29.1. The number of rotatable bonds is 9. The van der Waals surface area contributed by atoms with Crippen molar-refractivity contribution in [3.8, 4) is 22.6 Å². The van der Waals surface area contributed by atoms with Crippen LogP contribution in [0.25, 0.3) is 11.1 Å². The number of hydrogen-bond acceptors (Lipinski definition) is 7. The zero-order valence-corrected chi connectivity index (χ0v) is 25.4. The van der Waals surface area contributed by atoms with Gasteiger partial charge in [0.2, 0.25) is 0 Å². The number of benzene rings is 3. The maximum atomic E-state index is 11.6. The first-order valence-corrected chi connectivity index (χ1v) is 12.8. The molecule has 0 radical (unpaired) electrons. The smallest absolute Gasteiger partial charge is 0.491 e. The van der Waals surface area contributed by atoms with E-state index >= 15 is 0 Å². The molecule has 1 aromatic heterocycles. The van der Waals surface area contributed by atoms with Gasteiger partial charge in [-0.05, 0) is 85.3 Å². The first-order chi connectivity index (χ1) is 18.7. The molecule has 0 saturated carbocycles. The molecular weight excluding hydrogens is 523 g/mol. The van der Waals surface area contributed by atoms with E-state index in [0.717, 1.165) is 43.9 Å². The summed E-state index contributed by atoms with van der Waals surface area (Å²) in [7, 11) is 0. The summed E-state index contributed by atoms with van der Waals surface area (Å²) in [5.74, 6) is 0.0293. The predicted octanol–water partition coefficient (Wildman–Crippen LogP) is 1.20. The molecule has 0 unspecified atom stereocenters. The Morgan fingerprint density at radius 2 is 1.73 bits per heavy atom. The van der Waals surface area contributed by atoms with Gasteiger partial charge in [-0.3, -0.25) is 9.53 Å². The van der Waals surface area contributed by atoms with E-state index in [1.165, 1.54) is 0 Å². The van der Waals surface area contributed by atoms with E-state index in [-0.39, 0.29) is 42.2 Å². The quantitative estimate of drug-likeness (QED) is 0.285. The van der Waals surface area contributed by atoms with E-state index in [1.54, 1.807) is 0 Å².